The van der Waals surface area contributed by atoms with Crippen LogP contribution in [0.2, 0.25) is 5.02 Å². The van der Waals surface area contributed by atoms with Crippen molar-refractivity contribution in [3.05, 3.63) is 35.6 Å². The van der Waals surface area contributed by atoms with Crippen molar-refractivity contribution in [2.24, 2.45) is 0 Å². The molecule has 0 unspecified atom stereocenters. The van der Waals surface area contributed by atoms with Gasteiger partial charge in [0.25, 0.3) is 0 Å². The molecule has 7 nitrogen and oxygen atoms in total. The van der Waals surface area contributed by atoms with Crippen LogP contribution in [0.3, 0.4) is 0 Å². The van der Waals surface area contributed by atoms with Gasteiger partial charge in [-0.05, 0) is 12.1 Å². The molecule has 0 spiro atoms. The molecule has 9 heteroatoms. The summed E-state index contributed by atoms with van der Waals surface area (Å²) in [7, 11) is -0.853. The first-order chi connectivity index (χ1) is 10.5. The number of ether oxygens (including phenoxy) is 2. The van der Waals surface area contributed by atoms with E-state index in [1.54, 1.807) is 23.0 Å². The van der Waals surface area contributed by atoms with E-state index in [-0.39, 0.29) is 17.2 Å². The molecule has 2 rings (SSSR count). The van der Waals surface area contributed by atoms with Crippen LogP contribution in [0.1, 0.15) is 0 Å². The molecule has 120 valence electrons. The van der Waals surface area contributed by atoms with Crippen LogP contribution in [0.15, 0.2) is 35.5 Å². The minimum absolute atomic E-state index is 0.0212. The monoisotopic (exact) mass is 345 g/mol. The first-order valence-corrected chi connectivity index (χ1v) is 8.22. The zero-order chi connectivity index (χ0) is 16.2. The summed E-state index contributed by atoms with van der Waals surface area (Å²) in [5.41, 5.74) is 0. The molecular weight excluding hydrogens is 330 g/mol. The van der Waals surface area contributed by atoms with Crippen LogP contribution in [0.25, 0.3) is 0 Å². The number of benzene rings is 1. The lowest BCUT2D eigenvalue weighted by atomic mass is 10.3. The summed E-state index contributed by atoms with van der Waals surface area (Å²) >= 11 is 5.75. The van der Waals surface area contributed by atoms with E-state index < -0.39 is 10.0 Å². The van der Waals surface area contributed by atoms with Crippen molar-refractivity contribution < 1.29 is 17.9 Å². The van der Waals surface area contributed by atoms with E-state index in [9.17, 15) is 8.42 Å². The van der Waals surface area contributed by atoms with Gasteiger partial charge in [0.15, 0.2) is 0 Å². The molecule has 0 aliphatic carbocycles. The Morgan fingerprint density at radius 3 is 2.68 bits per heavy atom. The summed E-state index contributed by atoms with van der Waals surface area (Å²) in [5.74, 6) is 0.676. The smallest absolute Gasteiger partial charge is 0.244 e. The van der Waals surface area contributed by atoms with Crippen molar-refractivity contribution in [1.82, 2.24) is 14.5 Å². The summed E-state index contributed by atoms with van der Waals surface area (Å²) in [6, 6.07) is 4.58. The lowest BCUT2D eigenvalue weighted by molar-refractivity contribution is 0.392. The van der Waals surface area contributed by atoms with Crippen LogP contribution in [-0.2, 0) is 16.6 Å². The van der Waals surface area contributed by atoms with Gasteiger partial charge in [-0.3, -0.25) is 4.68 Å². The Morgan fingerprint density at radius 1 is 1.32 bits per heavy atom. The average Bonchev–Trinajstić information content (AvgIpc) is 2.91. The number of nitrogens with zero attached hydrogens (tertiary/aromatic N) is 2. The highest BCUT2D eigenvalue weighted by Gasteiger charge is 2.20. The fourth-order valence-electron chi connectivity index (χ4n) is 1.83. The zero-order valence-electron chi connectivity index (χ0n) is 12.1. The second-order valence-electron chi connectivity index (χ2n) is 4.34. The molecule has 0 saturated heterocycles. The lowest BCUT2D eigenvalue weighted by Crippen LogP contribution is -2.28. The third kappa shape index (κ3) is 3.90. The predicted molar refractivity (Wildman–Crippen MR) is 82.0 cm³/mol. The largest absolute Gasteiger partial charge is 0.497 e. The van der Waals surface area contributed by atoms with Gasteiger partial charge in [0.1, 0.15) is 16.4 Å². The van der Waals surface area contributed by atoms with Gasteiger partial charge in [0.05, 0.1) is 32.0 Å². The summed E-state index contributed by atoms with van der Waals surface area (Å²) in [4.78, 5) is 0.0212. The van der Waals surface area contributed by atoms with E-state index in [0.29, 0.717) is 17.3 Å². The maximum absolute atomic E-state index is 12.4. The lowest BCUT2D eigenvalue weighted by Gasteiger charge is -2.12. The van der Waals surface area contributed by atoms with Gasteiger partial charge in [-0.2, -0.15) is 5.10 Å². The molecule has 2 aromatic rings. The molecule has 0 fully saturated rings. The molecule has 1 aromatic heterocycles. The van der Waals surface area contributed by atoms with E-state index in [2.05, 4.69) is 9.82 Å². The van der Waals surface area contributed by atoms with Crippen LogP contribution in [0.4, 0.5) is 0 Å². The van der Waals surface area contributed by atoms with Crippen LogP contribution in [0, 0.1) is 0 Å². The summed E-state index contributed by atoms with van der Waals surface area (Å²) in [6.45, 7) is 0.527. The molecule has 1 N–H and O–H groups in total. The van der Waals surface area contributed by atoms with Crippen molar-refractivity contribution in [3.63, 3.8) is 0 Å². The summed E-state index contributed by atoms with van der Waals surface area (Å²) in [5, 5.41) is 4.47. The van der Waals surface area contributed by atoms with E-state index >= 15 is 0 Å². The zero-order valence-corrected chi connectivity index (χ0v) is 13.7. The standard InChI is InChI=1S/C13H16ClN3O4S/c1-20-11-3-4-12(21-2)13(7-11)22(18,19)16-5-6-17-9-10(14)8-15-17/h3-4,7-9,16H,5-6H2,1-2H3. The fourth-order valence-corrected chi connectivity index (χ4v) is 3.19. The SMILES string of the molecule is COc1ccc(OC)c(S(=O)(=O)NCCn2cc(Cl)cn2)c1. The third-order valence-corrected chi connectivity index (χ3v) is 4.57. The van der Waals surface area contributed by atoms with Gasteiger partial charge in [-0.25, -0.2) is 13.1 Å². The van der Waals surface area contributed by atoms with E-state index in [1.807, 2.05) is 0 Å². The first kappa shape index (κ1) is 16.6. The van der Waals surface area contributed by atoms with Crippen LogP contribution in [0.5, 0.6) is 11.5 Å². The molecule has 1 heterocycles. The number of halogens is 1. The number of rotatable bonds is 7. The molecule has 0 radical (unpaired) electrons. The van der Waals surface area contributed by atoms with Gasteiger partial charge in [0.2, 0.25) is 10.0 Å². The van der Waals surface area contributed by atoms with Gasteiger partial charge < -0.3 is 9.47 Å². The highest BCUT2D eigenvalue weighted by Crippen LogP contribution is 2.27. The number of hydrogen-bond acceptors (Lipinski definition) is 5. The topological polar surface area (TPSA) is 82.5 Å². The molecular formula is C13H16ClN3O4S. The second-order valence-corrected chi connectivity index (χ2v) is 6.51. The van der Waals surface area contributed by atoms with Gasteiger partial charge >= 0.3 is 0 Å². The summed E-state index contributed by atoms with van der Waals surface area (Å²) < 4.78 is 38.9. The highest BCUT2D eigenvalue weighted by molar-refractivity contribution is 7.89. The molecule has 0 amide bonds. The van der Waals surface area contributed by atoms with Gasteiger partial charge in [-0.15, -0.1) is 0 Å². The minimum Gasteiger partial charge on any atom is -0.497 e. The van der Waals surface area contributed by atoms with E-state index in [4.69, 9.17) is 21.1 Å². The van der Waals surface area contributed by atoms with Gasteiger partial charge in [0, 0.05) is 18.8 Å². The first-order valence-electron chi connectivity index (χ1n) is 6.36. The Labute approximate surface area is 133 Å². The maximum Gasteiger partial charge on any atom is 0.244 e. The maximum atomic E-state index is 12.4. The quantitative estimate of drug-likeness (QED) is 0.823. The third-order valence-electron chi connectivity index (χ3n) is 2.90. The second kappa shape index (κ2) is 6.99. The van der Waals surface area contributed by atoms with Crippen molar-refractivity contribution >= 4 is 21.6 Å². The molecule has 1 aromatic carbocycles. The van der Waals surface area contributed by atoms with E-state index in [1.165, 1.54) is 26.5 Å². The predicted octanol–water partition coefficient (Wildman–Crippen LogP) is 1.53. The van der Waals surface area contributed by atoms with Crippen molar-refractivity contribution in [1.29, 1.82) is 0 Å². The summed E-state index contributed by atoms with van der Waals surface area (Å²) in [6.07, 6.45) is 3.10. The number of nitrogens with one attached hydrogen (secondary N) is 1. The Hall–Kier alpha value is -1.77. The molecule has 0 saturated carbocycles. The number of aromatic nitrogens is 2. The van der Waals surface area contributed by atoms with Crippen molar-refractivity contribution in [2.75, 3.05) is 20.8 Å². The van der Waals surface area contributed by atoms with E-state index in [0.717, 1.165) is 0 Å². The highest BCUT2D eigenvalue weighted by atomic mass is 35.5. The molecule has 0 atom stereocenters. The molecule has 22 heavy (non-hydrogen) atoms. The average molecular weight is 346 g/mol. The van der Waals surface area contributed by atoms with Crippen molar-refractivity contribution in [2.45, 2.75) is 11.4 Å². The molecule has 0 aliphatic heterocycles. The minimum atomic E-state index is -3.73. The Kier molecular flexibility index (Phi) is 5.28. The Bertz CT molecular complexity index is 745. The number of sulfonamides is 1. The molecule has 0 bridgehead atoms. The van der Waals surface area contributed by atoms with Crippen LogP contribution in [-0.4, -0.2) is 39.0 Å². The molecule has 0 aliphatic rings. The normalized spacial score (nSPS) is 11.4. The van der Waals surface area contributed by atoms with Gasteiger partial charge in [-0.1, -0.05) is 11.6 Å². The number of methoxy groups -OCH3 is 2. The number of hydrogen-bond donors (Lipinski definition) is 1. The Morgan fingerprint density at radius 2 is 2.09 bits per heavy atom. The van der Waals surface area contributed by atoms with Crippen molar-refractivity contribution in [3.8, 4) is 11.5 Å². The van der Waals surface area contributed by atoms with Crippen LogP contribution >= 0.6 is 11.6 Å². The Balaban J connectivity index is 2.12. The fraction of sp³-hybridized carbons (Fsp3) is 0.308. The van der Waals surface area contributed by atoms with Crippen LogP contribution < -0.4 is 14.2 Å².